The summed E-state index contributed by atoms with van der Waals surface area (Å²) in [6, 6.07) is 0.629. The molecule has 2 aliphatic heterocycles. The molecule has 2 amide bonds. The van der Waals surface area contributed by atoms with Gasteiger partial charge in [-0.15, -0.1) is 0 Å². The largest absolute Gasteiger partial charge is 0.430 e. The van der Waals surface area contributed by atoms with Crippen molar-refractivity contribution < 1.29 is 40.7 Å². The van der Waals surface area contributed by atoms with E-state index in [4.69, 9.17) is 4.74 Å². The Bertz CT molecular complexity index is 806. The maximum Gasteiger partial charge on any atom is 0.422 e. The zero-order valence-corrected chi connectivity index (χ0v) is 15.5. The van der Waals surface area contributed by atoms with E-state index < -0.39 is 52.7 Å². The van der Waals surface area contributed by atoms with E-state index in [1.807, 2.05) is 11.8 Å². The van der Waals surface area contributed by atoms with Crippen LogP contribution in [0, 0.1) is 5.92 Å². The minimum absolute atomic E-state index is 0.0246. The highest BCUT2D eigenvalue weighted by molar-refractivity contribution is 6.20. The van der Waals surface area contributed by atoms with E-state index in [1.54, 1.807) is 6.92 Å². The monoisotopic (exact) mass is 424 g/mol. The molecule has 2 heterocycles. The van der Waals surface area contributed by atoms with Gasteiger partial charge < -0.3 is 4.74 Å². The molecular weight excluding hydrogens is 406 g/mol. The van der Waals surface area contributed by atoms with Gasteiger partial charge in [0, 0.05) is 12.5 Å². The average molecular weight is 424 g/mol. The van der Waals surface area contributed by atoms with Crippen LogP contribution in [0.1, 0.15) is 31.4 Å². The molecule has 1 spiro atoms. The Balaban J connectivity index is 2.09. The van der Waals surface area contributed by atoms with Crippen molar-refractivity contribution in [2.24, 2.45) is 5.92 Å². The maximum atomic E-state index is 13.1. The van der Waals surface area contributed by atoms with Gasteiger partial charge in [-0.2, -0.15) is 26.3 Å². The molecule has 0 bridgehead atoms. The molecule has 2 unspecified atom stereocenters. The molecule has 1 aromatic rings. The van der Waals surface area contributed by atoms with E-state index in [0.717, 1.165) is 0 Å². The maximum absolute atomic E-state index is 13.1. The zero-order valence-electron chi connectivity index (χ0n) is 15.5. The number of imide groups is 1. The standard InChI is InChI=1S/C18H18F6N2O3/c1-3-25-5-4-10(2)16(9-25)14(27)26(15(28)29-16)13-7-11(17(19,20)21)6-12(8-13)18(22,23)24/h6-8,10H,3-5,9H2,1-2H3. The second kappa shape index (κ2) is 6.89. The summed E-state index contributed by atoms with van der Waals surface area (Å²) in [7, 11) is 0. The predicted molar refractivity (Wildman–Crippen MR) is 89.0 cm³/mol. The number of piperidine rings is 1. The number of rotatable bonds is 2. The number of hydrogen-bond donors (Lipinski definition) is 0. The van der Waals surface area contributed by atoms with Crippen LogP contribution in [0.4, 0.5) is 36.8 Å². The van der Waals surface area contributed by atoms with Crippen LogP contribution in [0.3, 0.4) is 0 Å². The number of carbonyl (C=O) groups is 2. The number of benzene rings is 1. The van der Waals surface area contributed by atoms with Crippen molar-refractivity contribution in [3.05, 3.63) is 29.3 Å². The van der Waals surface area contributed by atoms with E-state index >= 15 is 0 Å². The van der Waals surface area contributed by atoms with Gasteiger partial charge in [0.2, 0.25) is 5.60 Å². The summed E-state index contributed by atoms with van der Waals surface area (Å²) in [4.78, 5) is 27.6. The topological polar surface area (TPSA) is 49.9 Å². The molecule has 0 aromatic heterocycles. The number of likely N-dealkylation sites (N-methyl/N-ethyl adjacent to an activating group) is 1. The highest BCUT2D eigenvalue weighted by atomic mass is 19.4. The molecule has 2 fully saturated rings. The average Bonchev–Trinajstić information content (AvgIpc) is 2.86. The van der Waals surface area contributed by atoms with Crippen molar-refractivity contribution >= 4 is 17.7 Å². The van der Waals surface area contributed by atoms with Gasteiger partial charge in [0.1, 0.15) is 0 Å². The first-order valence-corrected chi connectivity index (χ1v) is 8.89. The summed E-state index contributed by atoms with van der Waals surface area (Å²) in [6.45, 7) is 4.68. The zero-order chi connectivity index (χ0) is 21.8. The van der Waals surface area contributed by atoms with Gasteiger partial charge in [-0.05, 0) is 37.7 Å². The second-order valence-corrected chi connectivity index (χ2v) is 7.22. The van der Waals surface area contributed by atoms with Crippen LogP contribution in [0.2, 0.25) is 0 Å². The molecular formula is C18H18F6N2O3. The molecule has 0 aliphatic carbocycles. The van der Waals surface area contributed by atoms with Crippen molar-refractivity contribution in [2.45, 2.75) is 38.2 Å². The summed E-state index contributed by atoms with van der Waals surface area (Å²) >= 11 is 0. The number of hydrogen-bond acceptors (Lipinski definition) is 4. The Labute approximate surface area is 162 Å². The molecule has 0 saturated carbocycles. The highest BCUT2D eigenvalue weighted by Crippen LogP contribution is 2.43. The van der Waals surface area contributed by atoms with Crippen LogP contribution < -0.4 is 4.90 Å². The normalized spacial score (nSPS) is 26.3. The Kier molecular flexibility index (Phi) is 5.09. The van der Waals surface area contributed by atoms with E-state index in [1.165, 1.54) is 0 Å². The predicted octanol–water partition coefficient (Wildman–Crippen LogP) is 4.31. The lowest BCUT2D eigenvalue weighted by molar-refractivity contribution is -0.143. The van der Waals surface area contributed by atoms with Crippen LogP contribution in [0.5, 0.6) is 0 Å². The number of amides is 2. The Morgan fingerprint density at radius 1 is 1.07 bits per heavy atom. The van der Waals surface area contributed by atoms with Gasteiger partial charge in [0.25, 0.3) is 5.91 Å². The Morgan fingerprint density at radius 2 is 1.62 bits per heavy atom. The Hall–Kier alpha value is -2.30. The van der Waals surface area contributed by atoms with Gasteiger partial charge in [-0.25, -0.2) is 9.69 Å². The number of nitrogens with zero attached hydrogens (tertiary/aromatic N) is 2. The second-order valence-electron chi connectivity index (χ2n) is 7.22. The molecule has 160 valence electrons. The van der Waals surface area contributed by atoms with Crippen molar-refractivity contribution in [1.82, 2.24) is 4.90 Å². The number of likely N-dealkylation sites (tertiary alicyclic amines) is 1. The molecule has 2 aliphatic rings. The number of carbonyl (C=O) groups excluding carboxylic acids is 2. The van der Waals surface area contributed by atoms with Crippen LogP contribution in [0.25, 0.3) is 0 Å². The fraction of sp³-hybridized carbons (Fsp3) is 0.556. The molecule has 5 nitrogen and oxygen atoms in total. The lowest BCUT2D eigenvalue weighted by Gasteiger charge is -2.41. The highest BCUT2D eigenvalue weighted by Gasteiger charge is 2.59. The number of anilines is 1. The van der Waals surface area contributed by atoms with Crippen LogP contribution in [0.15, 0.2) is 18.2 Å². The first-order chi connectivity index (χ1) is 13.3. The van der Waals surface area contributed by atoms with Crippen molar-refractivity contribution in [3.8, 4) is 0 Å². The van der Waals surface area contributed by atoms with Gasteiger partial charge in [0.05, 0.1) is 16.8 Å². The van der Waals surface area contributed by atoms with E-state index in [2.05, 4.69) is 0 Å². The SMILES string of the molecule is CCN1CCC(C)C2(C1)OC(=O)N(c1cc(C(F)(F)F)cc(C(F)(F)F)c1)C2=O. The molecule has 0 N–H and O–H groups in total. The van der Waals surface area contributed by atoms with E-state index in [9.17, 15) is 35.9 Å². The van der Waals surface area contributed by atoms with Crippen LogP contribution in [-0.2, 0) is 21.9 Å². The van der Waals surface area contributed by atoms with Crippen molar-refractivity contribution in [2.75, 3.05) is 24.5 Å². The summed E-state index contributed by atoms with van der Waals surface area (Å²) < 4.78 is 84.1. The van der Waals surface area contributed by atoms with E-state index in [0.29, 0.717) is 31.6 Å². The summed E-state index contributed by atoms with van der Waals surface area (Å²) in [5.74, 6) is -1.40. The molecule has 2 saturated heterocycles. The smallest absolute Gasteiger partial charge is 0.422 e. The fourth-order valence-electron chi connectivity index (χ4n) is 3.67. The molecule has 1 aromatic carbocycles. The van der Waals surface area contributed by atoms with Gasteiger partial charge in [-0.1, -0.05) is 13.8 Å². The molecule has 11 heteroatoms. The van der Waals surface area contributed by atoms with Gasteiger partial charge in [-0.3, -0.25) is 9.69 Å². The van der Waals surface area contributed by atoms with Crippen molar-refractivity contribution in [1.29, 1.82) is 0 Å². The first kappa shape index (κ1) is 21.4. The van der Waals surface area contributed by atoms with Crippen LogP contribution >= 0.6 is 0 Å². The number of halogens is 6. The minimum atomic E-state index is -5.10. The minimum Gasteiger partial charge on any atom is -0.430 e. The summed E-state index contributed by atoms with van der Waals surface area (Å²) in [6.07, 6.45) is -11.0. The fourth-order valence-corrected chi connectivity index (χ4v) is 3.67. The number of ether oxygens (including phenoxy) is 1. The number of alkyl halides is 6. The molecule has 2 atom stereocenters. The van der Waals surface area contributed by atoms with Crippen LogP contribution in [-0.4, -0.2) is 42.1 Å². The summed E-state index contributed by atoms with van der Waals surface area (Å²) in [5, 5.41) is 0. The van der Waals surface area contributed by atoms with Gasteiger partial charge in [0.15, 0.2) is 0 Å². The van der Waals surface area contributed by atoms with E-state index in [-0.39, 0.29) is 17.5 Å². The quantitative estimate of drug-likeness (QED) is 0.664. The first-order valence-electron chi connectivity index (χ1n) is 8.89. The molecule has 29 heavy (non-hydrogen) atoms. The lowest BCUT2D eigenvalue weighted by Crippen LogP contribution is -2.58. The van der Waals surface area contributed by atoms with Gasteiger partial charge >= 0.3 is 18.4 Å². The third-order valence-electron chi connectivity index (χ3n) is 5.43. The lowest BCUT2D eigenvalue weighted by atomic mass is 9.81. The third-order valence-corrected chi connectivity index (χ3v) is 5.43. The third kappa shape index (κ3) is 3.67. The Morgan fingerprint density at radius 3 is 2.10 bits per heavy atom. The summed E-state index contributed by atoms with van der Waals surface area (Å²) in [5.41, 5.74) is -5.69. The molecule has 0 radical (unpaired) electrons. The van der Waals surface area contributed by atoms with Crippen molar-refractivity contribution in [3.63, 3.8) is 0 Å². The molecule has 3 rings (SSSR count).